The molecule has 0 bridgehead atoms. The molecule has 0 radical (unpaired) electrons. The largest absolute Gasteiger partial charge is 0.167 e. The van der Waals surface area contributed by atoms with Crippen molar-refractivity contribution in [2.75, 3.05) is 0 Å². The fraction of sp³-hybridized carbons (Fsp3) is 0.143. The van der Waals surface area contributed by atoms with Gasteiger partial charge in [0.25, 0.3) is 0 Å². The molecule has 0 aliphatic carbocycles. The van der Waals surface area contributed by atoms with Crippen LogP contribution in [0.25, 0.3) is 0 Å². The van der Waals surface area contributed by atoms with Crippen molar-refractivity contribution < 1.29 is 0 Å². The first kappa shape index (κ1) is 21.0. The van der Waals surface area contributed by atoms with Crippen LogP contribution in [0.1, 0.15) is 33.4 Å². The number of aryl methyl sites for hydroxylation is 3. The molecule has 3 heteroatoms. The molecule has 0 aliphatic rings. The topological polar surface area (TPSA) is 24.7 Å². The predicted octanol–water partition coefficient (Wildman–Crippen LogP) is 8.34. The number of nitrogens with zero attached hydrogens (tertiary/aromatic N) is 2. The van der Waals surface area contributed by atoms with E-state index in [9.17, 15) is 0 Å². The third-order valence-electron chi connectivity index (χ3n) is 5.55. The first-order chi connectivity index (χ1) is 15.0. The Balaban J connectivity index is 1.99. The minimum absolute atomic E-state index is 0.681. The highest BCUT2D eigenvalue weighted by atomic mass is 35.5. The second-order valence-corrected chi connectivity index (χ2v) is 8.42. The predicted molar refractivity (Wildman–Crippen MR) is 129 cm³/mol. The molecular formula is C28H25ClN2. The summed E-state index contributed by atoms with van der Waals surface area (Å²) in [5, 5.41) is 10.4. The van der Waals surface area contributed by atoms with E-state index >= 15 is 0 Å². The minimum Gasteiger partial charge on any atom is -0.167 e. The molecule has 0 atom stereocenters. The van der Waals surface area contributed by atoms with Gasteiger partial charge in [0.15, 0.2) is 5.54 Å². The average molecular weight is 425 g/mol. The van der Waals surface area contributed by atoms with Crippen molar-refractivity contribution in [3.63, 3.8) is 0 Å². The van der Waals surface area contributed by atoms with Gasteiger partial charge in [-0.05, 0) is 61.7 Å². The Hall–Kier alpha value is -3.23. The zero-order valence-electron chi connectivity index (χ0n) is 18.0. The van der Waals surface area contributed by atoms with E-state index in [-0.39, 0.29) is 0 Å². The summed E-state index contributed by atoms with van der Waals surface area (Å²) < 4.78 is 0. The molecule has 154 valence electrons. The van der Waals surface area contributed by atoms with Crippen LogP contribution < -0.4 is 0 Å². The molecule has 4 rings (SSSR count). The third-order valence-corrected chi connectivity index (χ3v) is 5.80. The molecule has 2 nitrogen and oxygen atoms in total. The Morgan fingerprint density at radius 1 is 0.516 bits per heavy atom. The van der Waals surface area contributed by atoms with Crippen molar-refractivity contribution in [3.05, 3.63) is 135 Å². The number of benzene rings is 4. The van der Waals surface area contributed by atoms with Gasteiger partial charge in [0.2, 0.25) is 0 Å². The minimum atomic E-state index is -0.769. The van der Waals surface area contributed by atoms with Gasteiger partial charge in [-0.15, -0.1) is 0 Å². The van der Waals surface area contributed by atoms with Crippen LogP contribution in [0.15, 0.2) is 107 Å². The summed E-state index contributed by atoms with van der Waals surface area (Å²) in [6.45, 7) is 6.29. The summed E-state index contributed by atoms with van der Waals surface area (Å²) in [7, 11) is 0. The molecule has 0 aliphatic heterocycles. The lowest BCUT2D eigenvalue weighted by atomic mass is 9.77. The van der Waals surface area contributed by atoms with Crippen LogP contribution in [0.4, 0.5) is 5.69 Å². The number of hydrogen-bond acceptors (Lipinski definition) is 2. The van der Waals surface area contributed by atoms with Gasteiger partial charge in [0.05, 0.1) is 5.69 Å². The highest BCUT2D eigenvalue weighted by Gasteiger charge is 2.37. The molecule has 0 aromatic heterocycles. The van der Waals surface area contributed by atoms with Crippen LogP contribution in [0.5, 0.6) is 0 Å². The van der Waals surface area contributed by atoms with E-state index in [1.54, 1.807) is 0 Å². The zero-order chi connectivity index (χ0) is 21.8. The lowest BCUT2D eigenvalue weighted by Gasteiger charge is -2.31. The summed E-state index contributed by atoms with van der Waals surface area (Å²) in [5.41, 5.74) is 6.84. The van der Waals surface area contributed by atoms with Crippen LogP contribution in [-0.2, 0) is 5.54 Å². The Labute approximate surface area is 189 Å². The molecule has 0 N–H and O–H groups in total. The normalized spacial score (nSPS) is 11.7. The van der Waals surface area contributed by atoms with Gasteiger partial charge in [0.1, 0.15) is 0 Å². The summed E-state index contributed by atoms with van der Waals surface area (Å²) in [5.74, 6) is 0. The Morgan fingerprint density at radius 3 is 1.23 bits per heavy atom. The zero-order valence-corrected chi connectivity index (χ0v) is 18.8. The van der Waals surface area contributed by atoms with E-state index in [2.05, 4.69) is 98.7 Å². The molecule has 4 aromatic rings. The Bertz CT molecular complexity index is 1060. The lowest BCUT2D eigenvalue weighted by molar-refractivity contribution is 0.617. The van der Waals surface area contributed by atoms with Gasteiger partial charge in [-0.1, -0.05) is 101 Å². The van der Waals surface area contributed by atoms with Crippen LogP contribution >= 0.6 is 11.6 Å². The summed E-state index contributed by atoms with van der Waals surface area (Å²) in [6.07, 6.45) is 0. The second kappa shape index (κ2) is 8.87. The molecule has 0 spiro atoms. The van der Waals surface area contributed by atoms with E-state index in [1.165, 1.54) is 16.7 Å². The molecule has 4 aromatic carbocycles. The highest BCUT2D eigenvalue weighted by molar-refractivity contribution is 6.30. The average Bonchev–Trinajstić information content (AvgIpc) is 2.78. The standard InChI is InChI=1S/C28H25ClN2/c1-20-4-10-23(11-5-20)28(24-12-6-21(2)7-13-24,25-14-8-22(3)9-15-25)31-30-27-18-16-26(29)17-19-27/h4-19H,1-3H3. The fourth-order valence-corrected chi connectivity index (χ4v) is 3.82. The second-order valence-electron chi connectivity index (χ2n) is 7.98. The summed E-state index contributed by atoms with van der Waals surface area (Å²) in [4.78, 5) is 0. The van der Waals surface area contributed by atoms with Crippen molar-refractivity contribution in [2.24, 2.45) is 10.2 Å². The van der Waals surface area contributed by atoms with Gasteiger partial charge in [0, 0.05) is 5.02 Å². The first-order valence-electron chi connectivity index (χ1n) is 10.4. The van der Waals surface area contributed by atoms with Gasteiger partial charge in [-0.25, -0.2) is 0 Å². The number of halogens is 1. The van der Waals surface area contributed by atoms with E-state index in [0.29, 0.717) is 5.02 Å². The van der Waals surface area contributed by atoms with Crippen LogP contribution in [-0.4, -0.2) is 0 Å². The smallest absolute Gasteiger partial charge is 0.157 e. The van der Waals surface area contributed by atoms with Gasteiger partial charge in [-0.2, -0.15) is 10.2 Å². The van der Waals surface area contributed by atoms with E-state index in [0.717, 1.165) is 22.4 Å². The SMILES string of the molecule is Cc1ccc(C(N=Nc2ccc(Cl)cc2)(c2ccc(C)cc2)c2ccc(C)cc2)cc1. The summed E-state index contributed by atoms with van der Waals surface area (Å²) >= 11 is 6.06. The molecule has 0 saturated carbocycles. The van der Waals surface area contributed by atoms with Crippen molar-refractivity contribution in [2.45, 2.75) is 26.3 Å². The maximum absolute atomic E-state index is 6.06. The number of hydrogen-bond donors (Lipinski definition) is 0. The molecule has 31 heavy (non-hydrogen) atoms. The number of azo groups is 1. The lowest BCUT2D eigenvalue weighted by Crippen LogP contribution is -2.26. The van der Waals surface area contributed by atoms with Gasteiger partial charge >= 0.3 is 0 Å². The fourth-order valence-electron chi connectivity index (χ4n) is 3.70. The third kappa shape index (κ3) is 4.45. The molecule has 0 fully saturated rings. The van der Waals surface area contributed by atoms with Gasteiger partial charge in [-0.3, -0.25) is 0 Å². The summed E-state index contributed by atoms with van der Waals surface area (Å²) in [6, 6.07) is 33.1. The van der Waals surface area contributed by atoms with Crippen molar-refractivity contribution in [1.82, 2.24) is 0 Å². The maximum atomic E-state index is 6.06. The van der Waals surface area contributed by atoms with Crippen molar-refractivity contribution in [3.8, 4) is 0 Å². The van der Waals surface area contributed by atoms with Gasteiger partial charge < -0.3 is 0 Å². The molecule has 0 unspecified atom stereocenters. The van der Waals surface area contributed by atoms with E-state index in [1.807, 2.05) is 24.3 Å². The first-order valence-corrected chi connectivity index (χ1v) is 10.7. The molecule has 0 heterocycles. The molecular weight excluding hydrogens is 400 g/mol. The van der Waals surface area contributed by atoms with Crippen LogP contribution in [0.2, 0.25) is 5.02 Å². The maximum Gasteiger partial charge on any atom is 0.157 e. The van der Waals surface area contributed by atoms with Crippen LogP contribution in [0.3, 0.4) is 0 Å². The molecule has 0 amide bonds. The van der Waals surface area contributed by atoms with E-state index < -0.39 is 5.54 Å². The quantitative estimate of drug-likeness (QED) is 0.227. The van der Waals surface area contributed by atoms with E-state index in [4.69, 9.17) is 16.7 Å². The Kier molecular flexibility index (Phi) is 6.01. The molecule has 0 saturated heterocycles. The Morgan fingerprint density at radius 2 is 0.871 bits per heavy atom. The monoisotopic (exact) mass is 424 g/mol. The van der Waals surface area contributed by atoms with Crippen LogP contribution in [0, 0.1) is 20.8 Å². The van der Waals surface area contributed by atoms with Crippen molar-refractivity contribution >= 4 is 17.3 Å². The number of rotatable bonds is 5. The highest BCUT2D eigenvalue weighted by Crippen LogP contribution is 2.42. The van der Waals surface area contributed by atoms with Crippen molar-refractivity contribution in [1.29, 1.82) is 0 Å².